The van der Waals surface area contributed by atoms with E-state index in [-0.39, 0.29) is 11.8 Å². The van der Waals surface area contributed by atoms with E-state index >= 15 is 0 Å². The van der Waals surface area contributed by atoms with Crippen molar-refractivity contribution >= 4 is 16.8 Å². The van der Waals surface area contributed by atoms with Gasteiger partial charge in [-0.15, -0.1) is 0 Å². The number of carbonyl (C=O) groups excluding carboxylic acids is 1. The zero-order valence-electron chi connectivity index (χ0n) is 13.7. The first kappa shape index (κ1) is 14.8. The molecule has 4 heteroatoms. The third-order valence-electron chi connectivity index (χ3n) is 4.97. The Kier molecular flexibility index (Phi) is 3.53. The van der Waals surface area contributed by atoms with Crippen LogP contribution in [-0.4, -0.2) is 17.6 Å². The molecule has 1 atom stereocenters. The number of methoxy groups -OCH3 is 1. The minimum Gasteiger partial charge on any atom is -0.496 e. The minimum atomic E-state index is -0.251. The molecule has 1 unspecified atom stereocenters. The van der Waals surface area contributed by atoms with Gasteiger partial charge < -0.3 is 15.0 Å². The van der Waals surface area contributed by atoms with Crippen LogP contribution in [0.5, 0.6) is 5.75 Å². The fraction of sp³-hybridized carbons (Fsp3) is 0.250. The predicted molar refractivity (Wildman–Crippen MR) is 94.3 cm³/mol. The molecule has 1 aliphatic rings. The molecule has 1 aliphatic carbocycles. The summed E-state index contributed by atoms with van der Waals surface area (Å²) in [6.07, 6.45) is 1.65. The molecule has 1 amide bonds. The molecular weight excluding hydrogens is 300 g/mol. The summed E-state index contributed by atoms with van der Waals surface area (Å²) in [5, 5.41) is 1.03. The first-order chi connectivity index (χ1) is 11.7. The van der Waals surface area contributed by atoms with Crippen molar-refractivity contribution in [2.75, 3.05) is 7.11 Å². The summed E-state index contributed by atoms with van der Waals surface area (Å²) >= 11 is 0. The lowest BCUT2D eigenvalue weighted by molar-refractivity contribution is -0.119. The molecule has 2 N–H and O–H groups in total. The quantitative estimate of drug-likeness (QED) is 0.802. The van der Waals surface area contributed by atoms with Crippen molar-refractivity contribution in [2.45, 2.75) is 25.3 Å². The van der Waals surface area contributed by atoms with Crippen LogP contribution in [0, 0.1) is 0 Å². The molecule has 0 bridgehead atoms. The smallest absolute Gasteiger partial charge is 0.225 e. The molecule has 4 rings (SSSR count). The monoisotopic (exact) mass is 320 g/mol. The van der Waals surface area contributed by atoms with Crippen LogP contribution in [0.2, 0.25) is 0 Å². The van der Waals surface area contributed by atoms with E-state index in [4.69, 9.17) is 10.5 Å². The Morgan fingerprint density at radius 3 is 2.71 bits per heavy atom. The number of benzene rings is 2. The normalized spacial score (nSPS) is 16.3. The maximum absolute atomic E-state index is 11.9. The average Bonchev–Trinajstić information content (AvgIpc) is 3.15. The van der Waals surface area contributed by atoms with Gasteiger partial charge in [0, 0.05) is 17.6 Å². The number of amides is 1. The van der Waals surface area contributed by atoms with Crippen LogP contribution in [0.15, 0.2) is 48.5 Å². The number of carbonyl (C=O) groups is 1. The van der Waals surface area contributed by atoms with Gasteiger partial charge in [-0.25, -0.2) is 0 Å². The zero-order valence-corrected chi connectivity index (χ0v) is 13.7. The van der Waals surface area contributed by atoms with Gasteiger partial charge in [0.05, 0.1) is 18.5 Å². The van der Waals surface area contributed by atoms with Crippen molar-refractivity contribution in [3.05, 3.63) is 65.4 Å². The second-order valence-corrected chi connectivity index (χ2v) is 6.28. The lowest BCUT2D eigenvalue weighted by Crippen LogP contribution is -2.19. The first-order valence-corrected chi connectivity index (χ1v) is 8.22. The summed E-state index contributed by atoms with van der Waals surface area (Å²) in [4.78, 5) is 11.9. The van der Waals surface area contributed by atoms with Crippen LogP contribution in [0.3, 0.4) is 0 Å². The van der Waals surface area contributed by atoms with E-state index in [0.29, 0.717) is 0 Å². The maximum atomic E-state index is 11.9. The molecule has 1 aromatic heterocycles. The molecule has 2 aromatic carbocycles. The summed E-state index contributed by atoms with van der Waals surface area (Å²) in [5.41, 5.74) is 10.3. The van der Waals surface area contributed by atoms with E-state index in [1.165, 1.54) is 11.3 Å². The van der Waals surface area contributed by atoms with Gasteiger partial charge in [0.1, 0.15) is 5.75 Å². The summed E-state index contributed by atoms with van der Waals surface area (Å²) < 4.78 is 7.89. The van der Waals surface area contributed by atoms with Gasteiger partial charge in [0.15, 0.2) is 0 Å². The van der Waals surface area contributed by atoms with Gasteiger partial charge >= 0.3 is 0 Å². The van der Waals surface area contributed by atoms with E-state index in [2.05, 4.69) is 22.8 Å². The standard InChI is InChI=1S/C20H20N2O2/c1-24-17-9-5-8-15-19(17)18-14(20(21)23)10-11-16(18)22(15)12-13-6-3-2-4-7-13/h2-9,14H,10-12H2,1H3,(H2,21,23). The number of hydrogen-bond acceptors (Lipinski definition) is 2. The highest BCUT2D eigenvalue weighted by atomic mass is 16.5. The number of rotatable bonds is 4. The minimum absolute atomic E-state index is 0.226. The largest absolute Gasteiger partial charge is 0.496 e. The molecule has 3 aromatic rings. The predicted octanol–water partition coefficient (Wildman–Crippen LogP) is 3.21. The van der Waals surface area contributed by atoms with Gasteiger partial charge in [-0.2, -0.15) is 0 Å². The molecule has 0 radical (unpaired) electrons. The second kappa shape index (κ2) is 5.71. The van der Waals surface area contributed by atoms with Crippen LogP contribution in [0.4, 0.5) is 0 Å². The maximum Gasteiger partial charge on any atom is 0.225 e. The summed E-state index contributed by atoms with van der Waals surface area (Å²) in [6.45, 7) is 0.783. The number of aromatic nitrogens is 1. The first-order valence-electron chi connectivity index (χ1n) is 8.22. The molecule has 0 saturated heterocycles. The second-order valence-electron chi connectivity index (χ2n) is 6.28. The van der Waals surface area contributed by atoms with Crippen LogP contribution >= 0.6 is 0 Å². The van der Waals surface area contributed by atoms with E-state index < -0.39 is 0 Å². The highest BCUT2D eigenvalue weighted by Crippen LogP contribution is 2.44. The number of nitrogens with two attached hydrogens (primary N) is 1. The van der Waals surface area contributed by atoms with Crippen molar-refractivity contribution in [1.82, 2.24) is 4.57 Å². The summed E-state index contributed by atoms with van der Waals surface area (Å²) in [5.74, 6) is 0.331. The molecule has 0 fully saturated rings. The van der Waals surface area contributed by atoms with Gasteiger partial charge in [-0.3, -0.25) is 4.79 Å². The lowest BCUT2D eigenvalue weighted by atomic mass is 9.99. The molecule has 4 nitrogen and oxygen atoms in total. The molecule has 0 spiro atoms. The highest BCUT2D eigenvalue weighted by molar-refractivity contribution is 5.97. The fourth-order valence-corrected chi connectivity index (χ4v) is 3.92. The molecular formula is C20H20N2O2. The Bertz CT molecular complexity index is 912. The SMILES string of the molecule is COc1cccc2c1c1c(n2Cc2ccccc2)CCC1C(N)=O. The number of fused-ring (bicyclic) bond motifs is 3. The molecule has 122 valence electrons. The van der Waals surface area contributed by atoms with Crippen LogP contribution in [0.25, 0.3) is 10.9 Å². The highest BCUT2D eigenvalue weighted by Gasteiger charge is 2.34. The van der Waals surface area contributed by atoms with Gasteiger partial charge in [0.2, 0.25) is 5.91 Å². The van der Waals surface area contributed by atoms with Crippen molar-refractivity contribution in [3.63, 3.8) is 0 Å². The third kappa shape index (κ3) is 2.18. The van der Waals surface area contributed by atoms with E-state index in [1.54, 1.807) is 7.11 Å². The molecule has 24 heavy (non-hydrogen) atoms. The van der Waals surface area contributed by atoms with Crippen molar-refractivity contribution in [1.29, 1.82) is 0 Å². The number of primary amides is 1. The molecule has 0 saturated carbocycles. The Labute approximate surface area is 140 Å². The van der Waals surface area contributed by atoms with Gasteiger partial charge in [0.25, 0.3) is 0 Å². The summed E-state index contributed by atoms with van der Waals surface area (Å²) in [7, 11) is 1.67. The number of nitrogens with zero attached hydrogens (tertiary/aromatic N) is 1. The Morgan fingerprint density at radius 2 is 2.00 bits per heavy atom. The molecule has 1 heterocycles. The van der Waals surface area contributed by atoms with Crippen molar-refractivity contribution in [2.24, 2.45) is 5.73 Å². The zero-order chi connectivity index (χ0) is 16.7. The Hall–Kier alpha value is -2.75. The topological polar surface area (TPSA) is 57.2 Å². The van der Waals surface area contributed by atoms with Crippen LogP contribution in [0.1, 0.15) is 29.2 Å². The number of hydrogen-bond donors (Lipinski definition) is 1. The van der Waals surface area contributed by atoms with Crippen molar-refractivity contribution < 1.29 is 9.53 Å². The lowest BCUT2D eigenvalue weighted by Gasteiger charge is -2.11. The fourth-order valence-electron chi connectivity index (χ4n) is 3.92. The van der Waals surface area contributed by atoms with E-state index in [9.17, 15) is 4.79 Å². The van der Waals surface area contributed by atoms with Crippen LogP contribution < -0.4 is 10.5 Å². The van der Waals surface area contributed by atoms with Crippen molar-refractivity contribution in [3.8, 4) is 5.75 Å². The van der Waals surface area contributed by atoms with E-state index in [0.717, 1.165) is 41.6 Å². The average molecular weight is 320 g/mol. The van der Waals surface area contributed by atoms with Gasteiger partial charge in [-0.1, -0.05) is 36.4 Å². The Balaban J connectivity index is 1.96. The Morgan fingerprint density at radius 1 is 1.21 bits per heavy atom. The third-order valence-corrected chi connectivity index (χ3v) is 4.97. The molecule has 0 aliphatic heterocycles. The number of ether oxygens (including phenoxy) is 1. The van der Waals surface area contributed by atoms with Gasteiger partial charge in [-0.05, 0) is 36.1 Å². The van der Waals surface area contributed by atoms with E-state index in [1.807, 2.05) is 30.3 Å². The van der Waals surface area contributed by atoms with Crippen LogP contribution in [-0.2, 0) is 17.8 Å². The summed E-state index contributed by atoms with van der Waals surface area (Å²) in [6, 6.07) is 16.4.